The second kappa shape index (κ2) is 11.7. The van der Waals surface area contributed by atoms with E-state index in [1.807, 2.05) is 47.9 Å². The number of urea groups is 1. The van der Waals surface area contributed by atoms with Crippen molar-refractivity contribution in [3.63, 3.8) is 0 Å². The van der Waals surface area contributed by atoms with Crippen LogP contribution in [-0.2, 0) is 10.2 Å². The van der Waals surface area contributed by atoms with Gasteiger partial charge in [0.1, 0.15) is 11.6 Å². The number of likely N-dealkylation sites (tertiary alicyclic amines) is 1. The number of nitrogens with zero attached hydrogens (tertiary/aromatic N) is 3. The second-order valence-corrected chi connectivity index (χ2v) is 10.9. The zero-order valence-electron chi connectivity index (χ0n) is 23.1. The molecule has 2 fully saturated rings. The average Bonchev–Trinajstić information content (AvgIpc) is 2.98. The van der Waals surface area contributed by atoms with Crippen LogP contribution in [0.5, 0.6) is 0 Å². The van der Waals surface area contributed by atoms with Gasteiger partial charge in [-0.05, 0) is 74.2 Å². The van der Waals surface area contributed by atoms with Gasteiger partial charge in [-0.25, -0.2) is 13.6 Å². The van der Waals surface area contributed by atoms with Crippen LogP contribution in [0, 0.1) is 18.6 Å². The maximum Gasteiger partial charge on any atom is 0.320 e. The summed E-state index contributed by atoms with van der Waals surface area (Å²) in [5.41, 5.74) is 3.09. The first-order valence-electron chi connectivity index (χ1n) is 13.9. The van der Waals surface area contributed by atoms with Crippen molar-refractivity contribution in [1.82, 2.24) is 15.1 Å². The lowest BCUT2D eigenvalue weighted by Crippen LogP contribution is -2.57. The van der Waals surface area contributed by atoms with Crippen LogP contribution in [0.25, 0.3) is 0 Å². The quantitative estimate of drug-likeness (QED) is 0.465. The van der Waals surface area contributed by atoms with Gasteiger partial charge in [0.2, 0.25) is 5.91 Å². The van der Waals surface area contributed by atoms with Crippen molar-refractivity contribution in [2.24, 2.45) is 0 Å². The zero-order valence-corrected chi connectivity index (χ0v) is 23.1. The topological polar surface area (TPSA) is 55.9 Å². The molecule has 3 aromatic carbocycles. The van der Waals surface area contributed by atoms with Gasteiger partial charge >= 0.3 is 6.03 Å². The molecule has 5 rings (SSSR count). The van der Waals surface area contributed by atoms with E-state index in [0.29, 0.717) is 52.1 Å². The number of hydrogen-bond donors (Lipinski definition) is 1. The molecule has 2 aliphatic heterocycles. The molecule has 2 aliphatic rings. The standard InChI is InChI=1S/C32H36F2N4O2/c1-23-3-7-26(8-4-23)32(30(39)35-24(2)25-5-9-27(33)10-6-25)15-17-37(18-16-32)31(40)38-21-19-36(20-22-38)29-13-11-28(34)12-14-29/h3-14,24H,15-22H2,1-2H3,(H,35,39). The summed E-state index contributed by atoms with van der Waals surface area (Å²) in [5.74, 6) is -0.650. The van der Waals surface area contributed by atoms with Crippen molar-refractivity contribution in [2.45, 2.75) is 38.1 Å². The number of hydrogen-bond acceptors (Lipinski definition) is 3. The summed E-state index contributed by atoms with van der Waals surface area (Å²) < 4.78 is 26.7. The number of carbonyl (C=O) groups is 2. The molecule has 0 saturated carbocycles. The Bertz CT molecular complexity index is 1310. The first-order chi connectivity index (χ1) is 19.2. The van der Waals surface area contributed by atoms with Gasteiger partial charge in [0, 0.05) is 45.0 Å². The van der Waals surface area contributed by atoms with Crippen molar-refractivity contribution in [3.05, 3.63) is 101 Å². The summed E-state index contributed by atoms with van der Waals surface area (Å²) >= 11 is 0. The Labute approximate surface area is 234 Å². The monoisotopic (exact) mass is 546 g/mol. The van der Waals surface area contributed by atoms with Crippen LogP contribution < -0.4 is 10.2 Å². The third-order valence-electron chi connectivity index (χ3n) is 8.39. The molecule has 6 nitrogen and oxygen atoms in total. The highest BCUT2D eigenvalue weighted by molar-refractivity contribution is 5.89. The lowest BCUT2D eigenvalue weighted by molar-refractivity contribution is -0.129. The molecule has 1 N–H and O–H groups in total. The Kier molecular flexibility index (Phi) is 8.05. The van der Waals surface area contributed by atoms with E-state index in [4.69, 9.17) is 0 Å². The molecule has 1 atom stereocenters. The van der Waals surface area contributed by atoms with Crippen molar-refractivity contribution in [1.29, 1.82) is 0 Å². The SMILES string of the molecule is Cc1ccc(C2(C(=O)NC(C)c3ccc(F)cc3)CCN(C(=O)N3CCN(c4ccc(F)cc4)CC3)CC2)cc1. The van der Waals surface area contributed by atoms with Gasteiger partial charge in [-0.2, -0.15) is 0 Å². The highest BCUT2D eigenvalue weighted by atomic mass is 19.1. The summed E-state index contributed by atoms with van der Waals surface area (Å²) in [7, 11) is 0. The number of piperidine rings is 1. The van der Waals surface area contributed by atoms with Crippen LogP contribution in [0.4, 0.5) is 19.3 Å². The third-order valence-corrected chi connectivity index (χ3v) is 8.39. The Hall–Kier alpha value is -3.94. The minimum atomic E-state index is -0.764. The number of benzene rings is 3. The molecule has 210 valence electrons. The average molecular weight is 547 g/mol. The Morgan fingerprint density at radius 3 is 1.85 bits per heavy atom. The fourth-order valence-electron chi connectivity index (χ4n) is 5.78. The van der Waals surface area contributed by atoms with Crippen molar-refractivity contribution in [2.75, 3.05) is 44.2 Å². The molecule has 40 heavy (non-hydrogen) atoms. The van der Waals surface area contributed by atoms with E-state index in [9.17, 15) is 18.4 Å². The van der Waals surface area contributed by atoms with Gasteiger partial charge in [0.05, 0.1) is 11.5 Å². The van der Waals surface area contributed by atoms with Crippen molar-refractivity contribution >= 4 is 17.6 Å². The van der Waals surface area contributed by atoms with Gasteiger partial charge in [-0.15, -0.1) is 0 Å². The Balaban J connectivity index is 1.25. The highest BCUT2D eigenvalue weighted by Gasteiger charge is 2.44. The number of halogens is 2. The largest absolute Gasteiger partial charge is 0.368 e. The molecular formula is C32H36F2N4O2. The van der Waals surface area contributed by atoms with Gasteiger partial charge in [-0.3, -0.25) is 4.79 Å². The van der Waals surface area contributed by atoms with Crippen LogP contribution in [0.1, 0.15) is 42.5 Å². The van der Waals surface area contributed by atoms with Gasteiger partial charge < -0.3 is 20.0 Å². The normalized spacial score (nSPS) is 17.9. The molecule has 0 aliphatic carbocycles. The van der Waals surface area contributed by atoms with Gasteiger partial charge in [0.25, 0.3) is 0 Å². The van der Waals surface area contributed by atoms with E-state index < -0.39 is 5.41 Å². The van der Waals surface area contributed by atoms with Crippen LogP contribution in [-0.4, -0.2) is 61.0 Å². The molecule has 3 aromatic rings. The molecule has 2 saturated heterocycles. The summed E-state index contributed by atoms with van der Waals surface area (Å²) in [4.78, 5) is 33.2. The molecule has 0 aromatic heterocycles. The van der Waals surface area contributed by atoms with Crippen molar-refractivity contribution in [3.8, 4) is 0 Å². The van der Waals surface area contributed by atoms with E-state index in [0.717, 1.165) is 22.4 Å². The fourth-order valence-corrected chi connectivity index (χ4v) is 5.78. The first kappa shape index (κ1) is 27.6. The minimum Gasteiger partial charge on any atom is -0.368 e. The van der Waals surface area contributed by atoms with Crippen LogP contribution in [0.2, 0.25) is 0 Å². The van der Waals surface area contributed by atoms with E-state index in [-0.39, 0.29) is 29.6 Å². The van der Waals surface area contributed by atoms with Crippen molar-refractivity contribution < 1.29 is 18.4 Å². The first-order valence-corrected chi connectivity index (χ1v) is 13.9. The maximum atomic E-state index is 13.9. The summed E-state index contributed by atoms with van der Waals surface area (Å²) in [6, 6.07) is 20.4. The summed E-state index contributed by atoms with van der Waals surface area (Å²) in [5, 5.41) is 3.17. The maximum absolute atomic E-state index is 13.9. The smallest absolute Gasteiger partial charge is 0.320 e. The molecule has 8 heteroatoms. The van der Waals surface area contributed by atoms with Crippen LogP contribution in [0.15, 0.2) is 72.8 Å². The van der Waals surface area contributed by atoms with E-state index in [1.165, 1.54) is 24.3 Å². The number of rotatable bonds is 5. The summed E-state index contributed by atoms with van der Waals surface area (Å²) in [6.07, 6.45) is 1.03. The number of anilines is 1. The molecule has 0 spiro atoms. The summed E-state index contributed by atoms with van der Waals surface area (Å²) in [6.45, 7) is 7.41. The number of piperazine rings is 1. The number of nitrogens with one attached hydrogen (secondary N) is 1. The molecule has 1 unspecified atom stereocenters. The number of aryl methyl sites for hydroxylation is 1. The van der Waals surface area contributed by atoms with E-state index >= 15 is 0 Å². The highest BCUT2D eigenvalue weighted by Crippen LogP contribution is 2.37. The fraction of sp³-hybridized carbons (Fsp3) is 0.375. The predicted molar refractivity (Wildman–Crippen MR) is 152 cm³/mol. The van der Waals surface area contributed by atoms with E-state index in [1.54, 1.807) is 24.3 Å². The van der Waals surface area contributed by atoms with Gasteiger partial charge in [-0.1, -0.05) is 42.0 Å². The van der Waals surface area contributed by atoms with Crippen LogP contribution in [0.3, 0.4) is 0 Å². The number of amides is 3. The second-order valence-electron chi connectivity index (χ2n) is 10.9. The molecule has 0 bridgehead atoms. The molecule has 3 amide bonds. The Morgan fingerprint density at radius 1 is 0.750 bits per heavy atom. The van der Waals surface area contributed by atoms with Gasteiger partial charge in [0.15, 0.2) is 0 Å². The number of carbonyl (C=O) groups excluding carboxylic acids is 2. The zero-order chi connectivity index (χ0) is 28.3. The van der Waals surface area contributed by atoms with E-state index in [2.05, 4.69) is 10.2 Å². The lowest BCUT2D eigenvalue weighted by Gasteiger charge is -2.44. The third kappa shape index (κ3) is 5.81. The Morgan fingerprint density at radius 2 is 1.27 bits per heavy atom. The predicted octanol–water partition coefficient (Wildman–Crippen LogP) is 5.43. The minimum absolute atomic E-state index is 0.00338. The van der Waals surface area contributed by atoms with Crippen LogP contribution >= 0.6 is 0 Å². The molecule has 0 radical (unpaired) electrons. The molecular weight excluding hydrogens is 510 g/mol. The lowest BCUT2D eigenvalue weighted by atomic mass is 9.71. The molecule has 2 heterocycles.